The molecule has 1 unspecified atom stereocenters. The summed E-state index contributed by atoms with van der Waals surface area (Å²) in [5, 5.41) is 0. The summed E-state index contributed by atoms with van der Waals surface area (Å²) >= 11 is 0. The zero-order valence-electron chi connectivity index (χ0n) is 13.9. The lowest BCUT2D eigenvalue weighted by atomic mass is 9.98. The highest BCUT2D eigenvalue weighted by atomic mass is 16.5. The van der Waals surface area contributed by atoms with Gasteiger partial charge in [-0.3, -0.25) is 9.59 Å². The molecule has 5 nitrogen and oxygen atoms in total. The van der Waals surface area contributed by atoms with E-state index in [1.54, 1.807) is 4.90 Å². The zero-order valence-corrected chi connectivity index (χ0v) is 13.9. The average Bonchev–Trinajstić information content (AvgIpc) is 2.59. The van der Waals surface area contributed by atoms with Crippen molar-refractivity contribution >= 4 is 11.9 Å². The highest BCUT2D eigenvalue weighted by molar-refractivity contribution is 5.78. The number of amides is 1. The van der Waals surface area contributed by atoms with Crippen LogP contribution in [0.15, 0.2) is 24.3 Å². The van der Waals surface area contributed by atoms with E-state index in [-0.39, 0.29) is 17.8 Å². The summed E-state index contributed by atoms with van der Waals surface area (Å²) in [6.07, 6.45) is 2.77. The van der Waals surface area contributed by atoms with Crippen molar-refractivity contribution in [3.05, 3.63) is 29.8 Å². The molecular formula is C18H25NO4. The summed E-state index contributed by atoms with van der Waals surface area (Å²) in [5.74, 6) is 0.557. The lowest BCUT2D eigenvalue weighted by molar-refractivity contribution is -0.149. The van der Waals surface area contributed by atoms with Crippen molar-refractivity contribution in [1.82, 2.24) is 4.90 Å². The number of piperidine rings is 1. The fraction of sp³-hybridized carbons (Fsp3) is 0.556. The number of carbonyl (C=O) groups excluding carboxylic acids is 2. The number of aryl methyl sites for hydroxylation is 1. The third kappa shape index (κ3) is 4.98. The van der Waals surface area contributed by atoms with Crippen LogP contribution in [0, 0.1) is 12.8 Å². The largest absolute Gasteiger partial charge is 0.493 e. The highest BCUT2D eigenvalue weighted by Crippen LogP contribution is 2.19. The first-order chi connectivity index (χ1) is 11.1. The second-order valence-corrected chi connectivity index (χ2v) is 5.92. The van der Waals surface area contributed by atoms with E-state index < -0.39 is 0 Å². The Balaban J connectivity index is 1.72. The predicted octanol–water partition coefficient (Wildman–Crippen LogP) is 2.57. The molecule has 1 aliphatic heterocycles. The molecule has 5 heteroatoms. The molecule has 0 aromatic heterocycles. The molecule has 0 bridgehead atoms. The van der Waals surface area contributed by atoms with Gasteiger partial charge in [-0.05, 0) is 37.8 Å². The van der Waals surface area contributed by atoms with Crippen molar-refractivity contribution in [2.24, 2.45) is 5.92 Å². The SMILES string of the molecule is COC(=O)C1CCCN(C(=O)CCCOc2ccccc2C)C1. The van der Waals surface area contributed by atoms with Crippen molar-refractivity contribution in [1.29, 1.82) is 0 Å². The third-order valence-electron chi connectivity index (χ3n) is 4.19. The first-order valence-corrected chi connectivity index (χ1v) is 8.16. The molecule has 0 aliphatic carbocycles. The van der Waals surface area contributed by atoms with E-state index in [9.17, 15) is 9.59 Å². The van der Waals surface area contributed by atoms with E-state index in [1.807, 2.05) is 31.2 Å². The van der Waals surface area contributed by atoms with Crippen LogP contribution in [-0.2, 0) is 14.3 Å². The number of para-hydroxylation sites is 1. The molecule has 126 valence electrons. The first kappa shape index (κ1) is 17.3. The maximum Gasteiger partial charge on any atom is 0.310 e. The van der Waals surface area contributed by atoms with Gasteiger partial charge in [-0.15, -0.1) is 0 Å². The van der Waals surface area contributed by atoms with Crippen molar-refractivity contribution in [3.8, 4) is 5.75 Å². The lowest BCUT2D eigenvalue weighted by Gasteiger charge is -2.31. The molecule has 1 fully saturated rings. The third-order valence-corrected chi connectivity index (χ3v) is 4.19. The van der Waals surface area contributed by atoms with E-state index >= 15 is 0 Å². The Morgan fingerprint density at radius 1 is 1.30 bits per heavy atom. The molecule has 1 heterocycles. The van der Waals surface area contributed by atoms with E-state index in [4.69, 9.17) is 9.47 Å². The van der Waals surface area contributed by atoms with Crippen LogP contribution >= 0.6 is 0 Å². The van der Waals surface area contributed by atoms with Gasteiger partial charge >= 0.3 is 5.97 Å². The number of likely N-dealkylation sites (tertiary alicyclic amines) is 1. The van der Waals surface area contributed by atoms with Crippen molar-refractivity contribution in [2.45, 2.75) is 32.6 Å². The van der Waals surface area contributed by atoms with Crippen molar-refractivity contribution < 1.29 is 19.1 Å². The van der Waals surface area contributed by atoms with E-state index in [0.717, 1.165) is 30.7 Å². The summed E-state index contributed by atoms with van der Waals surface area (Å²) < 4.78 is 10.5. The number of carbonyl (C=O) groups is 2. The monoisotopic (exact) mass is 319 g/mol. The van der Waals surface area contributed by atoms with Crippen LogP contribution in [0.4, 0.5) is 0 Å². The molecule has 23 heavy (non-hydrogen) atoms. The molecule has 1 amide bonds. The Bertz CT molecular complexity index is 544. The molecule has 1 saturated heterocycles. The molecule has 0 spiro atoms. The number of hydrogen-bond donors (Lipinski definition) is 0. The molecule has 1 aromatic rings. The summed E-state index contributed by atoms with van der Waals surface area (Å²) in [4.78, 5) is 25.6. The number of hydrogen-bond acceptors (Lipinski definition) is 4. The Hall–Kier alpha value is -2.04. The second kappa shape index (κ2) is 8.56. The van der Waals surface area contributed by atoms with E-state index in [2.05, 4.69) is 0 Å². The minimum Gasteiger partial charge on any atom is -0.493 e. The molecule has 1 atom stereocenters. The summed E-state index contributed by atoms with van der Waals surface area (Å²) in [5.41, 5.74) is 1.09. The lowest BCUT2D eigenvalue weighted by Crippen LogP contribution is -2.42. The molecule has 0 N–H and O–H groups in total. The Morgan fingerprint density at radius 3 is 2.83 bits per heavy atom. The number of methoxy groups -OCH3 is 1. The van der Waals surface area contributed by atoms with E-state index in [0.29, 0.717) is 26.0 Å². The van der Waals surface area contributed by atoms with Gasteiger partial charge in [-0.1, -0.05) is 18.2 Å². The van der Waals surface area contributed by atoms with Crippen LogP contribution in [0.3, 0.4) is 0 Å². The Kier molecular flexibility index (Phi) is 6.44. The van der Waals surface area contributed by atoms with Crippen LogP contribution in [0.1, 0.15) is 31.2 Å². The number of rotatable bonds is 6. The van der Waals surface area contributed by atoms with Gasteiger partial charge in [0.1, 0.15) is 5.75 Å². The number of benzene rings is 1. The van der Waals surface area contributed by atoms with Crippen molar-refractivity contribution in [2.75, 3.05) is 26.8 Å². The fourth-order valence-corrected chi connectivity index (χ4v) is 2.84. The highest BCUT2D eigenvalue weighted by Gasteiger charge is 2.28. The zero-order chi connectivity index (χ0) is 16.7. The van der Waals surface area contributed by atoms with Gasteiger partial charge in [0.15, 0.2) is 0 Å². The molecule has 0 saturated carbocycles. The van der Waals surface area contributed by atoms with Crippen LogP contribution in [0.2, 0.25) is 0 Å². The average molecular weight is 319 g/mol. The fourth-order valence-electron chi connectivity index (χ4n) is 2.84. The van der Waals surface area contributed by atoms with Gasteiger partial charge in [-0.2, -0.15) is 0 Å². The molecule has 1 aliphatic rings. The normalized spacial score (nSPS) is 17.7. The minimum atomic E-state index is -0.217. The smallest absolute Gasteiger partial charge is 0.310 e. The number of esters is 1. The summed E-state index contributed by atoms with van der Waals surface area (Å²) in [6.45, 7) is 3.72. The molecule has 0 radical (unpaired) electrons. The quantitative estimate of drug-likeness (QED) is 0.597. The van der Waals surface area contributed by atoms with Gasteiger partial charge in [0.05, 0.1) is 19.6 Å². The Morgan fingerprint density at radius 2 is 2.09 bits per heavy atom. The number of nitrogens with zero attached hydrogens (tertiary/aromatic N) is 1. The molecule has 1 aromatic carbocycles. The first-order valence-electron chi connectivity index (χ1n) is 8.16. The summed E-state index contributed by atoms with van der Waals surface area (Å²) in [7, 11) is 1.39. The second-order valence-electron chi connectivity index (χ2n) is 5.92. The van der Waals surface area contributed by atoms with Crippen LogP contribution in [0.5, 0.6) is 5.75 Å². The Labute approximate surface area is 137 Å². The van der Waals surface area contributed by atoms with E-state index in [1.165, 1.54) is 7.11 Å². The molecule has 2 rings (SSSR count). The van der Waals surface area contributed by atoms with Crippen LogP contribution < -0.4 is 4.74 Å². The van der Waals surface area contributed by atoms with Gasteiger partial charge in [0.25, 0.3) is 0 Å². The standard InChI is InChI=1S/C18H25NO4/c1-14-7-3-4-9-16(14)23-12-6-10-17(20)19-11-5-8-15(13-19)18(21)22-2/h3-4,7,9,15H,5-6,8,10-13H2,1-2H3. The predicted molar refractivity (Wildman–Crippen MR) is 87.2 cm³/mol. The van der Waals surface area contributed by atoms with Gasteiger partial charge in [0, 0.05) is 19.5 Å². The van der Waals surface area contributed by atoms with Crippen LogP contribution in [0.25, 0.3) is 0 Å². The summed E-state index contributed by atoms with van der Waals surface area (Å²) in [6, 6.07) is 7.85. The van der Waals surface area contributed by atoms with Gasteiger partial charge < -0.3 is 14.4 Å². The number of ether oxygens (including phenoxy) is 2. The maximum atomic E-state index is 12.3. The van der Waals surface area contributed by atoms with Gasteiger partial charge in [-0.25, -0.2) is 0 Å². The van der Waals surface area contributed by atoms with Crippen LogP contribution in [-0.4, -0.2) is 43.6 Å². The molecular weight excluding hydrogens is 294 g/mol. The van der Waals surface area contributed by atoms with Crippen molar-refractivity contribution in [3.63, 3.8) is 0 Å². The van der Waals surface area contributed by atoms with Gasteiger partial charge in [0.2, 0.25) is 5.91 Å². The minimum absolute atomic E-state index is 0.0898. The maximum absolute atomic E-state index is 12.3. The topological polar surface area (TPSA) is 55.8 Å².